The quantitative estimate of drug-likeness (QED) is 0.0321. The lowest BCUT2D eigenvalue weighted by atomic mass is 10.0. The van der Waals surface area contributed by atoms with Crippen LogP contribution in [-0.4, -0.2) is 47.4 Å². The molecule has 6 heteroatoms. The van der Waals surface area contributed by atoms with Crippen LogP contribution in [0.3, 0.4) is 0 Å². The van der Waals surface area contributed by atoms with Crippen LogP contribution in [0.4, 0.5) is 0 Å². The molecule has 62 heavy (non-hydrogen) atoms. The minimum Gasteiger partial charge on any atom is -0.466 e. The SMILES string of the molecule is CCCCCCCC/C=C\CCCCCCCCCC(=O)OCCCCCCCCCCCCCCCCC(=O)NC(CO)C(O)/C=C/CCCCCCCCCCCCCC. The van der Waals surface area contributed by atoms with Gasteiger partial charge in [-0.05, 0) is 57.8 Å². The summed E-state index contributed by atoms with van der Waals surface area (Å²) in [5.41, 5.74) is 0. The van der Waals surface area contributed by atoms with Crippen molar-refractivity contribution < 1.29 is 24.5 Å². The van der Waals surface area contributed by atoms with Gasteiger partial charge in [0.25, 0.3) is 0 Å². The standard InChI is InChI=1S/C56H107NO5/c1-3-5-7-9-11-13-15-17-19-20-21-26-30-34-38-42-46-50-56(61)62-51-47-43-39-35-31-27-23-22-25-29-33-37-41-45-49-55(60)57-53(52-58)54(59)48-44-40-36-32-28-24-18-16-14-12-10-8-6-4-2/h17,19,44,48,53-54,58-59H,3-16,18,20-43,45-47,49-52H2,1-2H3,(H,57,60)/b19-17-,48-44+. The van der Waals surface area contributed by atoms with Crippen molar-refractivity contribution in [2.24, 2.45) is 0 Å². The average Bonchev–Trinajstić information content (AvgIpc) is 3.27. The van der Waals surface area contributed by atoms with Crippen LogP contribution in [0, 0.1) is 0 Å². The molecular formula is C56H107NO5. The van der Waals surface area contributed by atoms with Crippen molar-refractivity contribution in [1.82, 2.24) is 5.32 Å². The number of aliphatic hydroxyl groups is 2. The van der Waals surface area contributed by atoms with E-state index in [1.807, 2.05) is 6.08 Å². The fourth-order valence-electron chi connectivity index (χ4n) is 8.45. The number of nitrogens with one attached hydrogen (secondary N) is 1. The molecule has 0 aromatic carbocycles. The smallest absolute Gasteiger partial charge is 0.305 e. The highest BCUT2D eigenvalue weighted by Gasteiger charge is 2.18. The van der Waals surface area contributed by atoms with E-state index in [-0.39, 0.29) is 18.5 Å². The van der Waals surface area contributed by atoms with Gasteiger partial charge in [0.1, 0.15) is 0 Å². The van der Waals surface area contributed by atoms with Crippen LogP contribution < -0.4 is 5.32 Å². The summed E-state index contributed by atoms with van der Waals surface area (Å²) < 4.78 is 5.47. The van der Waals surface area contributed by atoms with E-state index in [0.717, 1.165) is 57.8 Å². The van der Waals surface area contributed by atoms with Crippen LogP contribution in [0.2, 0.25) is 0 Å². The second kappa shape index (κ2) is 52.0. The number of amides is 1. The second-order valence-electron chi connectivity index (χ2n) is 18.9. The Morgan fingerprint density at radius 3 is 1.15 bits per heavy atom. The van der Waals surface area contributed by atoms with Crippen LogP contribution in [-0.2, 0) is 14.3 Å². The van der Waals surface area contributed by atoms with Gasteiger partial charge in [-0.15, -0.1) is 0 Å². The number of rotatable bonds is 51. The molecule has 3 N–H and O–H groups in total. The number of ether oxygens (including phenoxy) is 1. The zero-order valence-corrected chi connectivity index (χ0v) is 41.6. The summed E-state index contributed by atoms with van der Waals surface area (Å²) in [6, 6.07) is -0.635. The Morgan fingerprint density at radius 2 is 0.758 bits per heavy atom. The van der Waals surface area contributed by atoms with Crippen LogP contribution in [0.25, 0.3) is 0 Å². The Kier molecular flexibility index (Phi) is 50.6. The molecule has 0 fully saturated rings. The van der Waals surface area contributed by atoms with Gasteiger partial charge in [0.05, 0.1) is 25.4 Å². The molecule has 0 aromatic rings. The van der Waals surface area contributed by atoms with E-state index < -0.39 is 12.1 Å². The molecule has 0 saturated carbocycles. The molecule has 0 radical (unpaired) electrons. The molecule has 0 spiro atoms. The monoisotopic (exact) mass is 874 g/mol. The summed E-state index contributed by atoms with van der Waals surface area (Å²) >= 11 is 0. The molecule has 0 saturated heterocycles. The molecule has 0 heterocycles. The third-order valence-corrected chi connectivity index (χ3v) is 12.7. The molecule has 0 rings (SSSR count). The van der Waals surface area contributed by atoms with E-state index in [1.165, 1.54) is 212 Å². The number of allylic oxidation sites excluding steroid dienone is 3. The van der Waals surface area contributed by atoms with E-state index in [1.54, 1.807) is 6.08 Å². The summed E-state index contributed by atoms with van der Waals surface area (Å²) in [7, 11) is 0. The van der Waals surface area contributed by atoms with Crippen LogP contribution in [0.15, 0.2) is 24.3 Å². The summed E-state index contributed by atoms with van der Waals surface area (Å²) in [6.07, 6.45) is 61.8. The lowest BCUT2D eigenvalue weighted by Crippen LogP contribution is -2.45. The molecule has 2 atom stereocenters. The number of unbranched alkanes of at least 4 members (excludes halogenated alkanes) is 38. The molecule has 0 aromatic heterocycles. The number of esters is 1. The summed E-state index contributed by atoms with van der Waals surface area (Å²) in [5.74, 6) is -0.0848. The Morgan fingerprint density at radius 1 is 0.435 bits per heavy atom. The van der Waals surface area contributed by atoms with Crippen molar-refractivity contribution in [3.8, 4) is 0 Å². The van der Waals surface area contributed by atoms with Crippen molar-refractivity contribution in [3.63, 3.8) is 0 Å². The van der Waals surface area contributed by atoms with Crippen molar-refractivity contribution in [2.45, 2.75) is 309 Å². The van der Waals surface area contributed by atoms with Crippen molar-refractivity contribution in [3.05, 3.63) is 24.3 Å². The molecule has 0 aliphatic heterocycles. The topological polar surface area (TPSA) is 95.9 Å². The van der Waals surface area contributed by atoms with Crippen LogP contribution in [0.1, 0.15) is 296 Å². The summed E-state index contributed by atoms with van der Waals surface area (Å²) in [5, 5.41) is 23.1. The molecule has 2 unspecified atom stereocenters. The summed E-state index contributed by atoms with van der Waals surface area (Å²) in [4.78, 5) is 24.5. The Hall–Kier alpha value is -1.66. The van der Waals surface area contributed by atoms with Gasteiger partial charge < -0.3 is 20.3 Å². The first-order valence-electron chi connectivity index (χ1n) is 27.6. The first kappa shape index (κ1) is 60.3. The lowest BCUT2D eigenvalue weighted by Gasteiger charge is -2.20. The zero-order chi connectivity index (χ0) is 45.1. The van der Waals surface area contributed by atoms with Gasteiger partial charge in [-0.2, -0.15) is 0 Å². The number of carbonyl (C=O) groups is 2. The molecule has 0 aliphatic carbocycles. The maximum atomic E-state index is 12.4. The zero-order valence-electron chi connectivity index (χ0n) is 41.6. The number of aliphatic hydroxyl groups excluding tert-OH is 2. The van der Waals surface area contributed by atoms with Gasteiger partial charge in [0.15, 0.2) is 0 Å². The van der Waals surface area contributed by atoms with E-state index in [4.69, 9.17) is 4.74 Å². The van der Waals surface area contributed by atoms with Crippen LogP contribution in [0.5, 0.6) is 0 Å². The highest BCUT2D eigenvalue weighted by atomic mass is 16.5. The van der Waals surface area contributed by atoms with Crippen LogP contribution >= 0.6 is 0 Å². The molecule has 0 bridgehead atoms. The van der Waals surface area contributed by atoms with Gasteiger partial charge in [-0.25, -0.2) is 0 Å². The second-order valence-corrected chi connectivity index (χ2v) is 18.9. The Labute approximate surface area is 386 Å². The highest BCUT2D eigenvalue weighted by Crippen LogP contribution is 2.16. The van der Waals surface area contributed by atoms with Crippen molar-refractivity contribution in [2.75, 3.05) is 13.2 Å². The maximum Gasteiger partial charge on any atom is 0.305 e. The predicted molar refractivity (Wildman–Crippen MR) is 269 cm³/mol. The maximum absolute atomic E-state index is 12.4. The van der Waals surface area contributed by atoms with E-state index in [2.05, 4.69) is 31.3 Å². The van der Waals surface area contributed by atoms with Crippen molar-refractivity contribution >= 4 is 11.9 Å². The van der Waals surface area contributed by atoms with Gasteiger partial charge in [-0.1, -0.05) is 250 Å². The fraction of sp³-hybridized carbons (Fsp3) is 0.893. The van der Waals surface area contributed by atoms with E-state index in [0.29, 0.717) is 19.4 Å². The number of carbonyl (C=O) groups excluding carboxylic acids is 2. The fourth-order valence-corrected chi connectivity index (χ4v) is 8.45. The molecule has 366 valence electrons. The Balaban J connectivity index is 3.45. The predicted octanol–water partition coefficient (Wildman–Crippen LogP) is 16.7. The first-order valence-corrected chi connectivity index (χ1v) is 27.6. The van der Waals surface area contributed by atoms with E-state index in [9.17, 15) is 19.8 Å². The molecule has 1 amide bonds. The molecule has 0 aliphatic rings. The normalized spacial score (nSPS) is 12.8. The Bertz CT molecular complexity index is 966. The van der Waals surface area contributed by atoms with E-state index >= 15 is 0 Å². The first-order chi connectivity index (χ1) is 30.5. The van der Waals surface area contributed by atoms with Crippen molar-refractivity contribution in [1.29, 1.82) is 0 Å². The molecular weight excluding hydrogens is 767 g/mol. The minimum atomic E-state index is -0.851. The van der Waals surface area contributed by atoms with Gasteiger partial charge in [-0.3, -0.25) is 9.59 Å². The summed E-state index contributed by atoms with van der Waals surface area (Å²) in [6.45, 7) is 4.88. The largest absolute Gasteiger partial charge is 0.466 e. The third kappa shape index (κ3) is 47.8. The van der Waals surface area contributed by atoms with Gasteiger partial charge >= 0.3 is 5.97 Å². The highest BCUT2D eigenvalue weighted by molar-refractivity contribution is 5.76. The lowest BCUT2D eigenvalue weighted by molar-refractivity contribution is -0.143. The molecule has 6 nitrogen and oxygen atoms in total. The number of hydrogen-bond donors (Lipinski definition) is 3. The average molecular weight is 874 g/mol. The third-order valence-electron chi connectivity index (χ3n) is 12.7. The number of hydrogen-bond acceptors (Lipinski definition) is 5. The minimum absolute atomic E-state index is 0.00677. The van der Waals surface area contributed by atoms with Gasteiger partial charge in [0, 0.05) is 12.8 Å². The van der Waals surface area contributed by atoms with Gasteiger partial charge in [0.2, 0.25) is 5.91 Å².